The molecule has 1 heterocycles. The molecular formula is C12H10BrN2O2S-. The van der Waals surface area contributed by atoms with Crippen LogP contribution in [0, 0.1) is 6.92 Å². The van der Waals surface area contributed by atoms with Crippen molar-refractivity contribution < 1.29 is 9.90 Å². The predicted molar refractivity (Wildman–Crippen MR) is 72.7 cm³/mol. The number of aryl methyl sites for hydroxylation is 1. The van der Waals surface area contributed by atoms with Crippen LogP contribution in [-0.2, 0) is 6.54 Å². The number of halogens is 1. The molecule has 0 atom stereocenters. The first-order chi connectivity index (χ1) is 8.56. The zero-order valence-corrected chi connectivity index (χ0v) is 12.0. The van der Waals surface area contributed by atoms with Crippen LogP contribution in [0.4, 0.5) is 5.13 Å². The summed E-state index contributed by atoms with van der Waals surface area (Å²) in [5, 5.41) is 14.5. The summed E-state index contributed by atoms with van der Waals surface area (Å²) >= 11 is 4.49. The molecule has 2 rings (SSSR count). The molecule has 4 nitrogen and oxygen atoms in total. The fourth-order valence-corrected chi connectivity index (χ4v) is 2.73. The molecule has 0 radical (unpaired) electrons. The standard InChI is InChI=1S/C12H11BrN2O2S/c1-7-10(11(16)17)18-12(15-7)14-6-8-3-2-4-9(13)5-8/h2-5H,6H2,1H3,(H,14,15)(H,16,17)/p-1. The Hall–Kier alpha value is -1.40. The highest BCUT2D eigenvalue weighted by atomic mass is 79.9. The Morgan fingerprint density at radius 1 is 1.56 bits per heavy atom. The van der Waals surface area contributed by atoms with Gasteiger partial charge in [0.05, 0.1) is 16.5 Å². The molecule has 6 heteroatoms. The molecule has 18 heavy (non-hydrogen) atoms. The summed E-state index contributed by atoms with van der Waals surface area (Å²) in [7, 11) is 0. The van der Waals surface area contributed by atoms with Gasteiger partial charge in [0.2, 0.25) is 0 Å². The van der Waals surface area contributed by atoms with E-state index in [1.54, 1.807) is 6.92 Å². The molecule has 2 aromatic rings. The molecule has 0 aliphatic rings. The van der Waals surface area contributed by atoms with Crippen molar-refractivity contribution in [2.45, 2.75) is 13.5 Å². The van der Waals surface area contributed by atoms with Crippen molar-refractivity contribution in [2.24, 2.45) is 0 Å². The number of carboxylic acid groups (broad SMARTS) is 1. The van der Waals surface area contributed by atoms with Crippen LogP contribution >= 0.6 is 27.3 Å². The molecule has 1 N–H and O–H groups in total. The third-order valence-electron chi connectivity index (χ3n) is 2.31. The molecule has 0 bridgehead atoms. The lowest BCUT2D eigenvalue weighted by atomic mass is 10.2. The third-order valence-corrected chi connectivity index (χ3v) is 3.90. The molecule has 94 valence electrons. The van der Waals surface area contributed by atoms with Gasteiger partial charge in [-0.15, -0.1) is 0 Å². The van der Waals surface area contributed by atoms with Crippen molar-refractivity contribution >= 4 is 38.4 Å². The number of aromatic nitrogens is 1. The fraction of sp³-hybridized carbons (Fsp3) is 0.167. The Balaban J connectivity index is 2.06. The van der Waals surface area contributed by atoms with E-state index in [9.17, 15) is 9.90 Å². The minimum atomic E-state index is -1.18. The Morgan fingerprint density at radius 3 is 2.94 bits per heavy atom. The predicted octanol–water partition coefficient (Wildman–Crippen LogP) is 2.19. The number of nitrogens with one attached hydrogen (secondary N) is 1. The van der Waals surface area contributed by atoms with E-state index in [1.807, 2.05) is 24.3 Å². The van der Waals surface area contributed by atoms with Crippen molar-refractivity contribution in [2.75, 3.05) is 5.32 Å². The average Bonchev–Trinajstić information content (AvgIpc) is 2.68. The van der Waals surface area contributed by atoms with E-state index in [4.69, 9.17) is 0 Å². The Labute approximate surface area is 117 Å². The van der Waals surface area contributed by atoms with Gasteiger partial charge >= 0.3 is 0 Å². The van der Waals surface area contributed by atoms with Crippen LogP contribution in [0.15, 0.2) is 28.7 Å². The largest absolute Gasteiger partial charge is 0.544 e. The van der Waals surface area contributed by atoms with Gasteiger partial charge in [-0.05, 0) is 24.6 Å². The van der Waals surface area contributed by atoms with Gasteiger partial charge in [-0.2, -0.15) is 0 Å². The number of carbonyl (C=O) groups excluding carboxylic acids is 1. The van der Waals surface area contributed by atoms with Gasteiger partial charge in [-0.3, -0.25) is 0 Å². The van der Waals surface area contributed by atoms with Crippen molar-refractivity contribution in [3.05, 3.63) is 44.9 Å². The van der Waals surface area contributed by atoms with E-state index >= 15 is 0 Å². The molecular weight excluding hydrogens is 316 g/mol. The third kappa shape index (κ3) is 3.08. The Bertz CT molecular complexity index is 583. The SMILES string of the molecule is Cc1nc(NCc2cccc(Br)c2)sc1C(=O)[O-]. The molecule has 0 unspecified atom stereocenters. The zero-order chi connectivity index (χ0) is 13.1. The lowest BCUT2D eigenvalue weighted by molar-refractivity contribution is -0.254. The van der Waals surface area contributed by atoms with Gasteiger partial charge in [0.25, 0.3) is 0 Å². The first-order valence-electron chi connectivity index (χ1n) is 5.23. The summed E-state index contributed by atoms with van der Waals surface area (Å²) in [6.07, 6.45) is 0. The first-order valence-corrected chi connectivity index (χ1v) is 6.84. The molecule has 0 spiro atoms. The average molecular weight is 326 g/mol. The van der Waals surface area contributed by atoms with Gasteiger partial charge in [-0.1, -0.05) is 39.4 Å². The topological polar surface area (TPSA) is 65.0 Å². The van der Waals surface area contributed by atoms with Crippen molar-refractivity contribution in [3.63, 3.8) is 0 Å². The smallest absolute Gasteiger partial charge is 0.183 e. The van der Waals surface area contributed by atoms with Crippen LogP contribution in [0.3, 0.4) is 0 Å². The van der Waals surface area contributed by atoms with E-state index < -0.39 is 5.97 Å². The number of carboxylic acids is 1. The molecule has 0 fully saturated rings. The fourth-order valence-electron chi connectivity index (χ4n) is 1.49. The maximum atomic E-state index is 10.8. The van der Waals surface area contributed by atoms with E-state index in [1.165, 1.54) is 0 Å². The second-order valence-corrected chi connectivity index (χ2v) is 5.62. The maximum Gasteiger partial charge on any atom is 0.183 e. The molecule has 1 aromatic heterocycles. The monoisotopic (exact) mass is 325 g/mol. The van der Waals surface area contributed by atoms with Crippen LogP contribution in [0.1, 0.15) is 20.9 Å². The van der Waals surface area contributed by atoms with Gasteiger partial charge in [-0.25, -0.2) is 4.98 Å². The van der Waals surface area contributed by atoms with Gasteiger partial charge in [0, 0.05) is 11.0 Å². The molecule has 0 aliphatic carbocycles. The van der Waals surface area contributed by atoms with Gasteiger partial charge in [0.15, 0.2) is 5.13 Å². The summed E-state index contributed by atoms with van der Waals surface area (Å²) in [4.78, 5) is 15.1. The van der Waals surface area contributed by atoms with Crippen LogP contribution in [0.25, 0.3) is 0 Å². The summed E-state index contributed by atoms with van der Waals surface area (Å²) < 4.78 is 1.01. The Morgan fingerprint density at radius 2 is 2.33 bits per heavy atom. The maximum absolute atomic E-state index is 10.8. The summed E-state index contributed by atoms with van der Waals surface area (Å²) in [5.41, 5.74) is 1.57. The number of nitrogens with zero attached hydrogens (tertiary/aromatic N) is 1. The zero-order valence-electron chi connectivity index (χ0n) is 9.57. The number of hydrogen-bond acceptors (Lipinski definition) is 5. The molecule has 1 aromatic carbocycles. The summed E-state index contributed by atoms with van der Waals surface area (Å²) in [5.74, 6) is -1.18. The number of anilines is 1. The number of rotatable bonds is 4. The molecule has 0 saturated heterocycles. The summed E-state index contributed by atoms with van der Waals surface area (Å²) in [6.45, 7) is 2.25. The second-order valence-electron chi connectivity index (χ2n) is 3.70. The minimum absolute atomic E-state index is 0.173. The molecule has 0 saturated carbocycles. The van der Waals surface area contributed by atoms with Crippen molar-refractivity contribution in [1.29, 1.82) is 0 Å². The van der Waals surface area contributed by atoms with E-state index in [0.717, 1.165) is 21.4 Å². The number of hydrogen-bond donors (Lipinski definition) is 1. The van der Waals surface area contributed by atoms with Crippen molar-refractivity contribution in [3.8, 4) is 0 Å². The number of thiazole rings is 1. The van der Waals surface area contributed by atoms with E-state index in [-0.39, 0.29) is 4.88 Å². The minimum Gasteiger partial charge on any atom is -0.544 e. The number of aromatic carboxylic acids is 1. The number of carbonyl (C=O) groups is 1. The van der Waals surface area contributed by atoms with E-state index in [0.29, 0.717) is 17.4 Å². The van der Waals surface area contributed by atoms with Crippen LogP contribution in [0.2, 0.25) is 0 Å². The highest BCUT2D eigenvalue weighted by molar-refractivity contribution is 9.10. The highest BCUT2D eigenvalue weighted by Crippen LogP contribution is 2.22. The van der Waals surface area contributed by atoms with Crippen LogP contribution in [-0.4, -0.2) is 11.0 Å². The van der Waals surface area contributed by atoms with Crippen LogP contribution < -0.4 is 10.4 Å². The lowest BCUT2D eigenvalue weighted by Crippen LogP contribution is -2.21. The van der Waals surface area contributed by atoms with Gasteiger partial charge in [0.1, 0.15) is 0 Å². The quantitative estimate of drug-likeness (QED) is 0.935. The van der Waals surface area contributed by atoms with Crippen LogP contribution in [0.5, 0.6) is 0 Å². The van der Waals surface area contributed by atoms with Crippen molar-refractivity contribution in [1.82, 2.24) is 4.98 Å². The molecule has 0 amide bonds. The lowest BCUT2D eigenvalue weighted by Gasteiger charge is -2.03. The normalized spacial score (nSPS) is 10.3. The summed E-state index contributed by atoms with van der Waals surface area (Å²) in [6, 6.07) is 7.87. The Kier molecular flexibility index (Phi) is 3.98. The number of benzene rings is 1. The molecule has 0 aliphatic heterocycles. The van der Waals surface area contributed by atoms with E-state index in [2.05, 4.69) is 26.2 Å². The first kappa shape index (κ1) is 13.0. The van der Waals surface area contributed by atoms with Gasteiger partial charge < -0.3 is 15.2 Å². The highest BCUT2D eigenvalue weighted by Gasteiger charge is 2.07. The second kappa shape index (κ2) is 5.49.